The first-order valence-corrected chi connectivity index (χ1v) is 7.02. The Hall–Kier alpha value is -3.08. The lowest BCUT2D eigenvalue weighted by Gasteiger charge is -2.08. The molecule has 0 aliphatic carbocycles. The summed E-state index contributed by atoms with van der Waals surface area (Å²) in [5, 5.41) is 0.398. The topological polar surface area (TPSA) is 65.7 Å². The normalized spacial score (nSPS) is 10.5. The van der Waals surface area contributed by atoms with Crippen LogP contribution in [0.5, 0.6) is 17.2 Å². The van der Waals surface area contributed by atoms with E-state index in [9.17, 15) is 9.59 Å². The van der Waals surface area contributed by atoms with Crippen LogP contribution in [0.3, 0.4) is 0 Å². The van der Waals surface area contributed by atoms with Crippen molar-refractivity contribution in [1.82, 2.24) is 0 Å². The van der Waals surface area contributed by atoms with Crippen molar-refractivity contribution in [2.45, 2.75) is 13.8 Å². The zero-order valence-electron chi connectivity index (χ0n) is 12.7. The minimum Gasteiger partial charge on any atom is -0.460 e. The van der Waals surface area contributed by atoms with Crippen LogP contribution in [0.15, 0.2) is 57.9 Å². The van der Waals surface area contributed by atoms with Crippen LogP contribution >= 0.6 is 0 Å². The molecule has 0 atom stereocenters. The molecule has 0 unspecified atom stereocenters. The van der Waals surface area contributed by atoms with Crippen molar-refractivity contribution in [3.05, 3.63) is 64.5 Å². The Kier molecular flexibility index (Phi) is 3.85. The molecule has 0 amide bonds. The van der Waals surface area contributed by atoms with Gasteiger partial charge < -0.3 is 13.9 Å². The molecular weight excluding hydrogens is 296 g/mol. The number of esters is 1. The Morgan fingerprint density at radius 3 is 2.52 bits per heavy atom. The molecule has 0 radical (unpaired) electrons. The summed E-state index contributed by atoms with van der Waals surface area (Å²) in [5.41, 5.74) is 0.708. The Morgan fingerprint density at radius 1 is 1.09 bits per heavy atom. The van der Waals surface area contributed by atoms with Crippen LogP contribution in [0.2, 0.25) is 0 Å². The second kappa shape index (κ2) is 5.96. The number of rotatable bonds is 3. The van der Waals surface area contributed by atoms with Crippen LogP contribution in [0.1, 0.15) is 12.5 Å². The summed E-state index contributed by atoms with van der Waals surface area (Å²) < 4.78 is 16.1. The number of carbonyl (C=O) groups excluding carboxylic acids is 1. The van der Waals surface area contributed by atoms with Crippen LogP contribution in [0.4, 0.5) is 0 Å². The summed E-state index contributed by atoms with van der Waals surface area (Å²) >= 11 is 0. The highest BCUT2D eigenvalue weighted by molar-refractivity contribution is 5.83. The Labute approximate surface area is 132 Å². The molecule has 0 aliphatic rings. The van der Waals surface area contributed by atoms with Gasteiger partial charge in [0.15, 0.2) is 0 Å². The summed E-state index contributed by atoms with van der Waals surface area (Å²) in [7, 11) is 0. The Bertz CT molecular complexity index is 925. The molecule has 2 aromatic carbocycles. The fourth-order valence-corrected chi connectivity index (χ4v) is 2.31. The lowest BCUT2D eigenvalue weighted by molar-refractivity contribution is -0.131. The fraction of sp³-hybridized carbons (Fsp3) is 0.111. The van der Waals surface area contributed by atoms with Gasteiger partial charge in [-0.2, -0.15) is 0 Å². The number of hydrogen-bond acceptors (Lipinski definition) is 5. The van der Waals surface area contributed by atoms with E-state index in [1.165, 1.54) is 19.3 Å². The van der Waals surface area contributed by atoms with Gasteiger partial charge in [0.1, 0.15) is 23.3 Å². The van der Waals surface area contributed by atoms with Crippen LogP contribution in [0, 0.1) is 6.92 Å². The van der Waals surface area contributed by atoms with Gasteiger partial charge in [-0.1, -0.05) is 18.2 Å². The quantitative estimate of drug-likeness (QED) is 0.543. The molecule has 5 nitrogen and oxygen atoms in total. The van der Waals surface area contributed by atoms with E-state index >= 15 is 0 Å². The maximum Gasteiger partial charge on any atom is 0.308 e. The highest BCUT2D eigenvalue weighted by Gasteiger charge is 2.13. The van der Waals surface area contributed by atoms with Crippen LogP contribution in [0.25, 0.3) is 11.0 Å². The van der Waals surface area contributed by atoms with E-state index in [-0.39, 0.29) is 11.2 Å². The van der Waals surface area contributed by atoms with E-state index in [1.807, 2.05) is 18.2 Å². The second-order valence-electron chi connectivity index (χ2n) is 5.05. The second-order valence-corrected chi connectivity index (χ2v) is 5.05. The zero-order chi connectivity index (χ0) is 16.4. The Balaban J connectivity index is 2.07. The Morgan fingerprint density at radius 2 is 1.83 bits per heavy atom. The zero-order valence-corrected chi connectivity index (χ0v) is 12.7. The van der Waals surface area contributed by atoms with Crippen molar-refractivity contribution < 1.29 is 18.7 Å². The van der Waals surface area contributed by atoms with Gasteiger partial charge in [-0.15, -0.1) is 0 Å². The van der Waals surface area contributed by atoms with Gasteiger partial charge in [0.05, 0.1) is 5.39 Å². The maximum atomic E-state index is 12.6. The van der Waals surface area contributed by atoms with E-state index in [0.717, 1.165) is 0 Å². The van der Waals surface area contributed by atoms with Crippen molar-refractivity contribution in [2.75, 3.05) is 0 Å². The van der Waals surface area contributed by atoms with Gasteiger partial charge in [-0.25, -0.2) is 0 Å². The van der Waals surface area contributed by atoms with Crippen molar-refractivity contribution in [1.29, 1.82) is 0 Å². The van der Waals surface area contributed by atoms with Gasteiger partial charge >= 0.3 is 5.97 Å². The molecule has 5 heteroatoms. The summed E-state index contributed by atoms with van der Waals surface area (Å²) in [6.07, 6.45) is 1.26. The number of carbonyl (C=O) groups is 1. The van der Waals surface area contributed by atoms with Gasteiger partial charge in [0.2, 0.25) is 11.2 Å². The molecule has 0 aliphatic heterocycles. The molecule has 3 rings (SSSR count). The highest BCUT2D eigenvalue weighted by Crippen LogP contribution is 2.26. The minimum absolute atomic E-state index is 0.104. The molecule has 0 bridgehead atoms. The average Bonchev–Trinajstić information content (AvgIpc) is 2.50. The lowest BCUT2D eigenvalue weighted by Crippen LogP contribution is -2.07. The molecule has 3 aromatic rings. The minimum atomic E-state index is -0.435. The summed E-state index contributed by atoms with van der Waals surface area (Å²) in [4.78, 5) is 23.6. The predicted octanol–water partition coefficient (Wildman–Crippen LogP) is 3.82. The van der Waals surface area contributed by atoms with Crippen LogP contribution in [-0.2, 0) is 4.79 Å². The van der Waals surface area contributed by atoms with Gasteiger partial charge in [-0.3, -0.25) is 9.59 Å². The number of ether oxygens (including phenoxy) is 2. The molecular formula is C18H14O5. The molecule has 116 valence electrons. The fourth-order valence-electron chi connectivity index (χ4n) is 2.31. The first kappa shape index (κ1) is 14.8. The number of hydrogen-bond donors (Lipinski definition) is 0. The molecule has 1 aromatic heterocycles. The van der Waals surface area contributed by atoms with E-state index in [2.05, 4.69) is 0 Å². The number of fused-ring (bicyclic) bond motifs is 1. The van der Waals surface area contributed by atoms with E-state index in [0.29, 0.717) is 28.0 Å². The van der Waals surface area contributed by atoms with Crippen molar-refractivity contribution in [3.63, 3.8) is 0 Å². The molecule has 0 fully saturated rings. The summed E-state index contributed by atoms with van der Waals surface area (Å²) in [5.74, 6) is 0.554. The van der Waals surface area contributed by atoms with Crippen LogP contribution < -0.4 is 14.9 Å². The number of para-hydroxylation sites is 1. The molecule has 0 saturated heterocycles. The first-order valence-electron chi connectivity index (χ1n) is 7.02. The smallest absolute Gasteiger partial charge is 0.308 e. The van der Waals surface area contributed by atoms with E-state index in [4.69, 9.17) is 13.9 Å². The average molecular weight is 310 g/mol. The third-order valence-electron chi connectivity index (χ3n) is 3.25. The summed E-state index contributed by atoms with van der Waals surface area (Å²) in [6, 6.07) is 12.1. The van der Waals surface area contributed by atoms with Crippen molar-refractivity contribution >= 4 is 16.9 Å². The maximum absolute atomic E-state index is 12.6. The van der Waals surface area contributed by atoms with E-state index in [1.54, 1.807) is 25.1 Å². The third kappa shape index (κ3) is 3.08. The molecule has 0 spiro atoms. The monoisotopic (exact) mass is 310 g/mol. The van der Waals surface area contributed by atoms with Gasteiger partial charge in [0, 0.05) is 13.0 Å². The number of aryl methyl sites for hydroxylation is 1. The van der Waals surface area contributed by atoms with Gasteiger partial charge in [-0.05, 0) is 30.7 Å². The molecule has 23 heavy (non-hydrogen) atoms. The molecule has 0 N–H and O–H groups in total. The predicted molar refractivity (Wildman–Crippen MR) is 85.0 cm³/mol. The highest BCUT2D eigenvalue weighted by atomic mass is 16.5. The molecule has 1 heterocycles. The van der Waals surface area contributed by atoms with Crippen molar-refractivity contribution in [3.8, 4) is 17.2 Å². The van der Waals surface area contributed by atoms with Crippen molar-refractivity contribution in [2.24, 2.45) is 0 Å². The van der Waals surface area contributed by atoms with Gasteiger partial charge in [0.25, 0.3) is 0 Å². The first-order chi connectivity index (χ1) is 11.0. The SMILES string of the molecule is CC(=O)Oc1cc(C)c2c(=O)c(Oc3ccccc3)coc2c1. The van der Waals surface area contributed by atoms with Crippen LogP contribution in [-0.4, -0.2) is 5.97 Å². The van der Waals surface area contributed by atoms with E-state index < -0.39 is 5.97 Å². The lowest BCUT2D eigenvalue weighted by atomic mass is 10.1. The molecule has 0 saturated carbocycles. The third-order valence-corrected chi connectivity index (χ3v) is 3.25. The standard InChI is InChI=1S/C18H14O5/c1-11-8-14(22-12(2)19)9-15-17(11)18(20)16(10-21-15)23-13-6-4-3-5-7-13/h3-10H,1-2H3. The summed E-state index contributed by atoms with van der Waals surface area (Å²) in [6.45, 7) is 3.06. The largest absolute Gasteiger partial charge is 0.460 e. The number of benzene rings is 2.